The fourth-order valence-electron chi connectivity index (χ4n) is 1.96. The second-order valence-corrected chi connectivity index (χ2v) is 7.12. The van der Waals surface area contributed by atoms with E-state index >= 15 is 0 Å². The first-order chi connectivity index (χ1) is 12.8. The third-order valence-corrected chi connectivity index (χ3v) is 4.52. The maximum Gasteiger partial charge on any atom is 0.306 e. The van der Waals surface area contributed by atoms with Gasteiger partial charge in [0.15, 0.2) is 6.61 Å². The van der Waals surface area contributed by atoms with Crippen molar-refractivity contribution < 1.29 is 19.1 Å². The zero-order valence-electron chi connectivity index (χ0n) is 13.9. The molecule has 2 amide bonds. The Bertz CT molecular complexity index is 844. The van der Waals surface area contributed by atoms with Crippen molar-refractivity contribution in [3.8, 4) is 0 Å². The third-order valence-electron chi connectivity index (χ3n) is 3.25. The van der Waals surface area contributed by atoms with Gasteiger partial charge in [0.05, 0.1) is 16.5 Å². The minimum absolute atomic E-state index is 0.0523. The SMILES string of the molecule is O=C(CCC(=O)OCC(=O)Nc1ccc(Cl)c(Cl)c1)Nc1ccc(Br)cc1. The van der Waals surface area contributed by atoms with E-state index in [4.69, 9.17) is 27.9 Å². The number of rotatable bonds is 7. The number of carbonyl (C=O) groups excluding carboxylic acids is 3. The lowest BCUT2D eigenvalue weighted by Gasteiger charge is -2.08. The predicted octanol–water partition coefficient (Wildman–Crippen LogP) is 4.66. The van der Waals surface area contributed by atoms with Crippen LogP contribution >= 0.6 is 39.1 Å². The number of amides is 2. The Kier molecular flexibility index (Phi) is 8.09. The lowest BCUT2D eigenvalue weighted by atomic mass is 10.2. The van der Waals surface area contributed by atoms with Crippen molar-refractivity contribution in [2.45, 2.75) is 12.8 Å². The maximum absolute atomic E-state index is 11.8. The van der Waals surface area contributed by atoms with Crippen LogP contribution in [0.2, 0.25) is 10.0 Å². The van der Waals surface area contributed by atoms with Crippen LogP contribution in [0.4, 0.5) is 11.4 Å². The fraction of sp³-hybridized carbons (Fsp3) is 0.167. The smallest absolute Gasteiger partial charge is 0.306 e. The van der Waals surface area contributed by atoms with Gasteiger partial charge >= 0.3 is 5.97 Å². The van der Waals surface area contributed by atoms with E-state index in [1.165, 1.54) is 12.1 Å². The average Bonchev–Trinajstić information content (AvgIpc) is 2.63. The molecule has 2 aromatic carbocycles. The van der Waals surface area contributed by atoms with Crippen LogP contribution in [0.1, 0.15) is 12.8 Å². The summed E-state index contributed by atoms with van der Waals surface area (Å²) in [6.45, 7) is -0.465. The number of ether oxygens (including phenoxy) is 1. The van der Waals surface area contributed by atoms with E-state index in [0.29, 0.717) is 21.4 Å². The highest BCUT2D eigenvalue weighted by Crippen LogP contribution is 2.24. The van der Waals surface area contributed by atoms with Gasteiger partial charge in [-0.15, -0.1) is 0 Å². The van der Waals surface area contributed by atoms with Gasteiger partial charge in [-0.25, -0.2) is 0 Å². The molecule has 0 aliphatic carbocycles. The molecule has 0 atom stereocenters. The molecule has 0 unspecified atom stereocenters. The summed E-state index contributed by atoms with van der Waals surface area (Å²) >= 11 is 14.9. The minimum atomic E-state index is -0.648. The molecule has 9 heteroatoms. The minimum Gasteiger partial charge on any atom is -0.456 e. The van der Waals surface area contributed by atoms with Crippen LogP contribution in [-0.4, -0.2) is 24.4 Å². The molecule has 6 nitrogen and oxygen atoms in total. The Morgan fingerprint density at radius 2 is 1.48 bits per heavy atom. The van der Waals surface area contributed by atoms with Crippen molar-refractivity contribution in [1.29, 1.82) is 0 Å². The molecule has 142 valence electrons. The Labute approximate surface area is 174 Å². The van der Waals surface area contributed by atoms with Crippen LogP contribution in [0, 0.1) is 0 Å². The van der Waals surface area contributed by atoms with Gasteiger partial charge in [-0.3, -0.25) is 14.4 Å². The van der Waals surface area contributed by atoms with Crippen LogP contribution < -0.4 is 10.6 Å². The van der Waals surface area contributed by atoms with Crippen LogP contribution in [0.5, 0.6) is 0 Å². The van der Waals surface area contributed by atoms with E-state index in [1.54, 1.807) is 30.3 Å². The average molecular weight is 474 g/mol. The second kappa shape index (κ2) is 10.3. The van der Waals surface area contributed by atoms with Crippen molar-refractivity contribution in [3.05, 3.63) is 57.0 Å². The molecule has 0 aromatic heterocycles. The van der Waals surface area contributed by atoms with Crippen LogP contribution in [0.15, 0.2) is 46.9 Å². The van der Waals surface area contributed by atoms with Gasteiger partial charge in [0, 0.05) is 22.3 Å². The molecule has 2 rings (SSSR count). The topological polar surface area (TPSA) is 84.5 Å². The first-order valence-corrected chi connectivity index (χ1v) is 9.34. The predicted molar refractivity (Wildman–Crippen MR) is 108 cm³/mol. The first-order valence-electron chi connectivity index (χ1n) is 7.79. The van der Waals surface area contributed by atoms with Crippen LogP contribution in [0.3, 0.4) is 0 Å². The highest BCUT2D eigenvalue weighted by Gasteiger charge is 2.11. The van der Waals surface area contributed by atoms with Gasteiger partial charge in [-0.2, -0.15) is 0 Å². The van der Waals surface area contributed by atoms with Crippen molar-refractivity contribution in [3.63, 3.8) is 0 Å². The Balaban J connectivity index is 1.69. The van der Waals surface area contributed by atoms with E-state index in [2.05, 4.69) is 26.6 Å². The molecule has 0 fully saturated rings. The third kappa shape index (κ3) is 7.58. The van der Waals surface area contributed by atoms with Crippen molar-refractivity contribution in [1.82, 2.24) is 0 Å². The van der Waals surface area contributed by atoms with Gasteiger partial charge in [0.2, 0.25) is 5.91 Å². The zero-order chi connectivity index (χ0) is 19.8. The molecule has 0 aliphatic heterocycles. The van der Waals surface area contributed by atoms with Crippen molar-refractivity contribution in [2.24, 2.45) is 0 Å². The summed E-state index contributed by atoms with van der Waals surface area (Å²) in [7, 11) is 0. The molecule has 0 heterocycles. The van der Waals surface area contributed by atoms with Gasteiger partial charge in [0.25, 0.3) is 5.91 Å². The summed E-state index contributed by atoms with van der Waals surface area (Å²) in [5.41, 5.74) is 1.05. The van der Waals surface area contributed by atoms with E-state index in [9.17, 15) is 14.4 Å². The molecule has 0 aliphatic rings. The van der Waals surface area contributed by atoms with Gasteiger partial charge in [-0.1, -0.05) is 39.1 Å². The maximum atomic E-state index is 11.8. The highest BCUT2D eigenvalue weighted by atomic mass is 79.9. The Morgan fingerprint density at radius 3 is 2.15 bits per heavy atom. The van der Waals surface area contributed by atoms with Gasteiger partial charge < -0.3 is 15.4 Å². The monoisotopic (exact) mass is 472 g/mol. The van der Waals surface area contributed by atoms with Gasteiger partial charge in [0.1, 0.15) is 0 Å². The van der Waals surface area contributed by atoms with Gasteiger partial charge in [-0.05, 0) is 42.5 Å². The number of anilines is 2. The number of esters is 1. The number of halogens is 3. The zero-order valence-corrected chi connectivity index (χ0v) is 17.0. The van der Waals surface area contributed by atoms with Crippen molar-refractivity contribution in [2.75, 3.05) is 17.2 Å². The summed E-state index contributed by atoms with van der Waals surface area (Å²) in [5.74, 6) is -1.50. The molecule has 0 radical (unpaired) electrons. The summed E-state index contributed by atoms with van der Waals surface area (Å²) in [6, 6.07) is 11.6. The van der Waals surface area contributed by atoms with E-state index < -0.39 is 18.5 Å². The number of hydrogen-bond donors (Lipinski definition) is 2. The van der Waals surface area contributed by atoms with Crippen molar-refractivity contribution >= 4 is 68.3 Å². The van der Waals surface area contributed by atoms with E-state index in [0.717, 1.165) is 4.47 Å². The lowest BCUT2D eigenvalue weighted by Crippen LogP contribution is -2.21. The molecule has 2 aromatic rings. The quantitative estimate of drug-likeness (QED) is 0.573. The van der Waals surface area contributed by atoms with E-state index in [-0.39, 0.29) is 18.7 Å². The summed E-state index contributed by atoms with van der Waals surface area (Å²) in [5, 5.41) is 5.84. The molecular weight excluding hydrogens is 459 g/mol. The number of nitrogens with one attached hydrogen (secondary N) is 2. The molecule has 0 saturated heterocycles. The first kappa shape index (κ1) is 21.2. The lowest BCUT2D eigenvalue weighted by molar-refractivity contribution is -0.147. The molecule has 2 N–H and O–H groups in total. The molecule has 0 spiro atoms. The number of benzene rings is 2. The molecule has 27 heavy (non-hydrogen) atoms. The summed E-state index contributed by atoms with van der Waals surface area (Å²) in [4.78, 5) is 35.3. The van der Waals surface area contributed by atoms with Crippen LogP contribution in [0.25, 0.3) is 0 Å². The van der Waals surface area contributed by atoms with Crippen LogP contribution in [-0.2, 0) is 19.1 Å². The Hall–Kier alpha value is -2.09. The molecule has 0 bridgehead atoms. The fourth-order valence-corrected chi connectivity index (χ4v) is 2.52. The normalized spacial score (nSPS) is 10.2. The number of carbonyl (C=O) groups is 3. The standard InChI is InChI=1S/C18H15BrCl2N2O4/c19-11-1-3-12(4-2-11)22-16(24)7-8-18(26)27-10-17(25)23-13-5-6-14(20)15(21)9-13/h1-6,9H,7-8,10H2,(H,22,24)(H,23,25). The molecular formula is C18H15BrCl2N2O4. The summed E-state index contributed by atoms with van der Waals surface area (Å²) in [6.07, 6.45) is -0.189. The highest BCUT2D eigenvalue weighted by molar-refractivity contribution is 9.10. The number of hydrogen-bond acceptors (Lipinski definition) is 4. The molecule has 0 saturated carbocycles. The Morgan fingerprint density at radius 1 is 0.852 bits per heavy atom. The second-order valence-electron chi connectivity index (χ2n) is 5.39. The summed E-state index contributed by atoms with van der Waals surface area (Å²) < 4.78 is 5.74. The largest absolute Gasteiger partial charge is 0.456 e. The van der Waals surface area contributed by atoms with E-state index in [1.807, 2.05) is 0 Å².